The molecule has 0 aliphatic carbocycles. The van der Waals surface area contributed by atoms with E-state index in [1.54, 1.807) is 12.1 Å². The number of amides is 1. The molecule has 0 heterocycles. The molecule has 2 rings (SSSR count). The molecule has 0 fully saturated rings. The Kier molecular flexibility index (Phi) is 6.64. The van der Waals surface area contributed by atoms with Crippen molar-refractivity contribution in [1.29, 1.82) is 0 Å². The maximum absolute atomic E-state index is 12.2. The topological polar surface area (TPSA) is 42.8 Å². The number of hydrogen-bond donors (Lipinski definition) is 2. The SMILES string of the molecule is Cc1cccc(NC(=O)C[NH+](C)CCOc2ccc(Cl)cc2)c1C. The van der Waals surface area contributed by atoms with Crippen LogP contribution < -0.4 is 15.0 Å². The lowest BCUT2D eigenvalue weighted by atomic mass is 10.1. The van der Waals surface area contributed by atoms with Gasteiger partial charge in [-0.2, -0.15) is 0 Å². The van der Waals surface area contributed by atoms with E-state index in [1.807, 2.05) is 51.2 Å². The van der Waals surface area contributed by atoms with Crippen molar-refractivity contribution in [1.82, 2.24) is 0 Å². The Balaban J connectivity index is 1.75. The minimum absolute atomic E-state index is 0.00712. The molecule has 5 heteroatoms. The van der Waals surface area contributed by atoms with Gasteiger partial charge in [-0.05, 0) is 55.3 Å². The van der Waals surface area contributed by atoms with E-state index in [9.17, 15) is 4.79 Å². The molecule has 0 bridgehead atoms. The summed E-state index contributed by atoms with van der Waals surface area (Å²) in [7, 11) is 1.98. The molecule has 128 valence electrons. The second-order valence-corrected chi connectivity index (χ2v) is 6.42. The standard InChI is InChI=1S/C19H23ClN2O2/c1-14-5-4-6-18(15(14)2)21-19(23)13-22(3)11-12-24-17-9-7-16(20)8-10-17/h4-10H,11-13H2,1-3H3,(H,21,23)/p+1. The van der Waals surface area contributed by atoms with Crippen molar-refractivity contribution in [3.8, 4) is 5.75 Å². The predicted octanol–water partition coefficient (Wildman–Crippen LogP) is 2.49. The van der Waals surface area contributed by atoms with Gasteiger partial charge in [-0.25, -0.2) is 0 Å². The number of quaternary nitrogens is 1. The van der Waals surface area contributed by atoms with E-state index in [4.69, 9.17) is 16.3 Å². The fraction of sp³-hybridized carbons (Fsp3) is 0.316. The number of benzene rings is 2. The van der Waals surface area contributed by atoms with Gasteiger partial charge < -0.3 is 15.0 Å². The molecule has 0 saturated carbocycles. The van der Waals surface area contributed by atoms with E-state index in [0.717, 1.165) is 28.4 Å². The summed E-state index contributed by atoms with van der Waals surface area (Å²) in [6, 6.07) is 13.2. The first kappa shape index (κ1) is 18.3. The van der Waals surface area contributed by atoms with Crippen LogP contribution in [0.5, 0.6) is 5.75 Å². The van der Waals surface area contributed by atoms with Crippen molar-refractivity contribution in [2.75, 3.05) is 32.1 Å². The minimum atomic E-state index is 0.00712. The van der Waals surface area contributed by atoms with Crippen molar-refractivity contribution in [3.05, 3.63) is 58.6 Å². The molecule has 2 aromatic carbocycles. The van der Waals surface area contributed by atoms with Gasteiger partial charge in [-0.3, -0.25) is 4.79 Å². The lowest BCUT2D eigenvalue weighted by Crippen LogP contribution is -3.10. The Morgan fingerprint density at radius 2 is 1.88 bits per heavy atom. The molecule has 0 aromatic heterocycles. The molecule has 0 spiro atoms. The summed E-state index contributed by atoms with van der Waals surface area (Å²) in [4.78, 5) is 13.3. The molecule has 0 aliphatic rings. The van der Waals surface area contributed by atoms with Crippen LogP contribution in [0.2, 0.25) is 5.02 Å². The molecule has 4 nitrogen and oxygen atoms in total. The molecule has 0 aliphatic heterocycles. The monoisotopic (exact) mass is 347 g/mol. The lowest BCUT2D eigenvalue weighted by molar-refractivity contribution is -0.871. The highest BCUT2D eigenvalue weighted by Gasteiger charge is 2.11. The van der Waals surface area contributed by atoms with E-state index in [2.05, 4.69) is 5.32 Å². The molecular weight excluding hydrogens is 324 g/mol. The molecule has 24 heavy (non-hydrogen) atoms. The van der Waals surface area contributed by atoms with Crippen LogP contribution in [0.3, 0.4) is 0 Å². The fourth-order valence-corrected chi connectivity index (χ4v) is 2.44. The lowest BCUT2D eigenvalue weighted by Gasteiger charge is -2.15. The van der Waals surface area contributed by atoms with Crippen LogP contribution in [-0.4, -0.2) is 32.7 Å². The van der Waals surface area contributed by atoms with E-state index < -0.39 is 0 Å². The van der Waals surface area contributed by atoms with Crippen LogP contribution in [0.25, 0.3) is 0 Å². The van der Waals surface area contributed by atoms with Crippen LogP contribution in [0.4, 0.5) is 5.69 Å². The first-order chi connectivity index (χ1) is 11.5. The zero-order chi connectivity index (χ0) is 17.5. The van der Waals surface area contributed by atoms with Crippen LogP contribution >= 0.6 is 11.6 Å². The van der Waals surface area contributed by atoms with E-state index >= 15 is 0 Å². The van der Waals surface area contributed by atoms with Crippen molar-refractivity contribution in [3.63, 3.8) is 0 Å². The maximum atomic E-state index is 12.2. The minimum Gasteiger partial charge on any atom is -0.488 e. The number of halogens is 1. The molecule has 2 N–H and O–H groups in total. The average Bonchev–Trinajstić information content (AvgIpc) is 2.53. The van der Waals surface area contributed by atoms with Gasteiger partial charge in [0.05, 0.1) is 7.05 Å². The number of carbonyl (C=O) groups is 1. The number of hydrogen-bond acceptors (Lipinski definition) is 2. The maximum Gasteiger partial charge on any atom is 0.279 e. The number of anilines is 1. The van der Waals surface area contributed by atoms with Crippen LogP contribution in [0.15, 0.2) is 42.5 Å². The molecule has 2 aromatic rings. The molecule has 1 atom stereocenters. The highest BCUT2D eigenvalue weighted by Crippen LogP contribution is 2.17. The van der Waals surface area contributed by atoms with Gasteiger partial charge >= 0.3 is 0 Å². The largest absolute Gasteiger partial charge is 0.488 e. The first-order valence-electron chi connectivity index (χ1n) is 8.01. The Morgan fingerprint density at radius 1 is 1.17 bits per heavy atom. The Hall–Kier alpha value is -2.04. The van der Waals surface area contributed by atoms with Crippen molar-refractivity contribution < 1.29 is 14.4 Å². The quantitative estimate of drug-likeness (QED) is 0.808. The van der Waals surface area contributed by atoms with Gasteiger partial charge in [0.15, 0.2) is 6.54 Å². The van der Waals surface area contributed by atoms with Crippen LogP contribution in [0.1, 0.15) is 11.1 Å². The van der Waals surface area contributed by atoms with Crippen LogP contribution in [-0.2, 0) is 4.79 Å². The third-order valence-corrected chi connectivity index (χ3v) is 4.20. The highest BCUT2D eigenvalue weighted by molar-refractivity contribution is 6.30. The normalized spacial score (nSPS) is 11.8. The van der Waals surface area contributed by atoms with Crippen molar-refractivity contribution >= 4 is 23.2 Å². The Morgan fingerprint density at radius 3 is 2.58 bits per heavy atom. The number of rotatable bonds is 7. The van der Waals surface area contributed by atoms with Gasteiger partial charge in [0.1, 0.15) is 18.9 Å². The number of likely N-dealkylation sites (N-methyl/N-ethyl adjacent to an activating group) is 1. The second-order valence-electron chi connectivity index (χ2n) is 5.98. The summed E-state index contributed by atoms with van der Waals surface area (Å²) in [6.45, 7) is 5.74. The molecule has 1 unspecified atom stereocenters. The summed E-state index contributed by atoms with van der Waals surface area (Å²) < 4.78 is 5.66. The van der Waals surface area contributed by atoms with Crippen LogP contribution in [0, 0.1) is 13.8 Å². The predicted molar refractivity (Wildman–Crippen MR) is 98.1 cm³/mol. The fourth-order valence-electron chi connectivity index (χ4n) is 2.32. The smallest absolute Gasteiger partial charge is 0.279 e. The third kappa shape index (κ3) is 5.55. The second kappa shape index (κ2) is 8.71. The van der Waals surface area contributed by atoms with Crippen molar-refractivity contribution in [2.24, 2.45) is 0 Å². The van der Waals surface area contributed by atoms with Gasteiger partial charge in [0, 0.05) is 10.7 Å². The summed E-state index contributed by atoms with van der Waals surface area (Å²) in [6.07, 6.45) is 0. The van der Waals surface area contributed by atoms with Gasteiger partial charge in [0.2, 0.25) is 0 Å². The molecular formula is C19H24ClN2O2+. The Labute approximate surface area is 148 Å². The van der Waals surface area contributed by atoms with Gasteiger partial charge in [-0.15, -0.1) is 0 Å². The van der Waals surface area contributed by atoms with Crippen molar-refractivity contribution in [2.45, 2.75) is 13.8 Å². The van der Waals surface area contributed by atoms with Gasteiger partial charge in [-0.1, -0.05) is 23.7 Å². The molecule has 0 radical (unpaired) electrons. The number of carbonyl (C=O) groups excluding carboxylic acids is 1. The number of nitrogens with one attached hydrogen (secondary N) is 2. The Bertz CT molecular complexity index is 686. The van der Waals surface area contributed by atoms with E-state index in [1.165, 1.54) is 5.56 Å². The number of aryl methyl sites for hydroxylation is 1. The average molecular weight is 348 g/mol. The summed E-state index contributed by atoms with van der Waals surface area (Å²) in [5, 5.41) is 3.67. The zero-order valence-corrected chi connectivity index (χ0v) is 15.1. The summed E-state index contributed by atoms with van der Waals surface area (Å²) in [5.74, 6) is 0.791. The highest BCUT2D eigenvalue weighted by atomic mass is 35.5. The summed E-state index contributed by atoms with van der Waals surface area (Å²) in [5.41, 5.74) is 3.16. The van der Waals surface area contributed by atoms with E-state index in [-0.39, 0.29) is 5.91 Å². The zero-order valence-electron chi connectivity index (χ0n) is 14.4. The van der Waals surface area contributed by atoms with E-state index in [0.29, 0.717) is 18.2 Å². The number of ether oxygens (including phenoxy) is 1. The summed E-state index contributed by atoms with van der Waals surface area (Å²) >= 11 is 5.84. The molecule has 0 saturated heterocycles. The molecule has 1 amide bonds. The third-order valence-electron chi connectivity index (χ3n) is 3.95. The first-order valence-corrected chi connectivity index (χ1v) is 8.39. The van der Waals surface area contributed by atoms with Gasteiger partial charge in [0.25, 0.3) is 5.91 Å².